The Morgan fingerprint density at radius 2 is 1.82 bits per heavy atom. The predicted octanol–water partition coefficient (Wildman–Crippen LogP) is 3.68. The van der Waals surface area contributed by atoms with Crippen LogP contribution in [-0.4, -0.2) is 47.3 Å². The molecule has 2 unspecified atom stereocenters. The Morgan fingerprint density at radius 1 is 1.14 bits per heavy atom. The molecule has 1 aromatic heterocycles. The molecular weight excluding hydrogens is 358 g/mol. The molecule has 1 amide bonds. The lowest BCUT2D eigenvalue weighted by molar-refractivity contribution is 0.0752. The van der Waals surface area contributed by atoms with Crippen LogP contribution in [0.2, 0.25) is 0 Å². The molecule has 1 aliphatic heterocycles. The molecule has 0 spiro atoms. The Hall–Kier alpha value is -3.19. The smallest absolute Gasteiger partial charge is 0.409 e. The van der Waals surface area contributed by atoms with Gasteiger partial charge in [-0.25, -0.2) is 9.78 Å². The number of ketones is 1. The number of aromatic nitrogens is 1. The first-order valence-corrected chi connectivity index (χ1v) is 9.08. The average Bonchev–Trinajstić information content (AvgIpc) is 2.67. The van der Waals surface area contributed by atoms with E-state index in [1.807, 2.05) is 12.1 Å². The number of benzene rings is 1. The second kappa shape index (κ2) is 8.67. The number of carbonyl (C=O) groups excluding carboxylic acids is 1. The van der Waals surface area contributed by atoms with Crippen molar-refractivity contribution in [1.82, 2.24) is 4.98 Å². The van der Waals surface area contributed by atoms with Crippen LogP contribution in [0.15, 0.2) is 48.7 Å². The molecule has 0 aliphatic carbocycles. The highest BCUT2D eigenvalue weighted by atomic mass is 16.5. The molecule has 3 rings (SSSR count). The number of morpholine rings is 1. The number of nitrogens with one attached hydrogen (secondary N) is 1. The molecular formula is C21H23N3O4. The summed E-state index contributed by atoms with van der Waals surface area (Å²) in [4.78, 5) is 29.7. The van der Waals surface area contributed by atoms with E-state index in [1.54, 1.807) is 36.5 Å². The summed E-state index contributed by atoms with van der Waals surface area (Å²) in [6.07, 6.45) is 3.80. The number of ether oxygens (including phenoxy) is 1. The van der Waals surface area contributed by atoms with Gasteiger partial charge in [-0.2, -0.15) is 0 Å². The van der Waals surface area contributed by atoms with Crippen molar-refractivity contribution in [2.24, 2.45) is 0 Å². The van der Waals surface area contributed by atoms with Crippen LogP contribution in [0.25, 0.3) is 6.08 Å². The maximum Gasteiger partial charge on any atom is 0.409 e. The van der Waals surface area contributed by atoms with Crippen LogP contribution in [-0.2, 0) is 4.74 Å². The largest absolute Gasteiger partial charge is 0.465 e. The molecule has 2 aromatic rings. The molecule has 7 nitrogen and oxygen atoms in total. The summed E-state index contributed by atoms with van der Waals surface area (Å²) in [6, 6.07) is 10.7. The summed E-state index contributed by atoms with van der Waals surface area (Å²) in [7, 11) is 0. The first kappa shape index (κ1) is 19.6. The van der Waals surface area contributed by atoms with Crippen molar-refractivity contribution in [3.05, 3.63) is 59.8 Å². The number of pyridine rings is 1. The van der Waals surface area contributed by atoms with Gasteiger partial charge in [0.1, 0.15) is 5.82 Å². The number of carbonyl (C=O) groups is 2. The van der Waals surface area contributed by atoms with Crippen LogP contribution in [0, 0.1) is 0 Å². The van der Waals surface area contributed by atoms with E-state index in [2.05, 4.69) is 29.0 Å². The minimum absolute atomic E-state index is 0.165. The molecule has 0 bridgehead atoms. The van der Waals surface area contributed by atoms with Crippen LogP contribution >= 0.6 is 0 Å². The summed E-state index contributed by atoms with van der Waals surface area (Å²) >= 11 is 0. The first-order chi connectivity index (χ1) is 13.4. The minimum Gasteiger partial charge on any atom is -0.465 e. The second-order valence-electron chi connectivity index (χ2n) is 6.80. The molecule has 1 aromatic carbocycles. The molecule has 2 atom stereocenters. The lowest BCUT2D eigenvalue weighted by Crippen LogP contribution is -2.50. The number of allylic oxidation sites excluding steroid dienone is 1. The van der Waals surface area contributed by atoms with Gasteiger partial charge >= 0.3 is 6.09 Å². The molecule has 1 fully saturated rings. The van der Waals surface area contributed by atoms with Gasteiger partial charge in [0.2, 0.25) is 0 Å². The summed E-state index contributed by atoms with van der Waals surface area (Å²) in [5, 5.41) is 10.9. The number of anilines is 2. The monoisotopic (exact) mass is 381 g/mol. The van der Waals surface area contributed by atoms with Crippen molar-refractivity contribution in [2.75, 3.05) is 23.4 Å². The van der Waals surface area contributed by atoms with E-state index in [-0.39, 0.29) is 17.9 Å². The van der Waals surface area contributed by atoms with Gasteiger partial charge in [0, 0.05) is 17.4 Å². The molecule has 0 saturated carbocycles. The molecule has 28 heavy (non-hydrogen) atoms. The summed E-state index contributed by atoms with van der Waals surface area (Å²) in [6.45, 7) is 5.59. The van der Waals surface area contributed by atoms with E-state index in [9.17, 15) is 9.59 Å². The zero-order valence-electron chi connectivity index (χ0n) is 15.8. The fourth-order valence-corrected chi connectivity index (χ4v) is 3.21. The third kappa shape index (κ3) is 4.75. The highest BCUT2D eigenvalue weighted by molar-refractivity contribution is 6.07. The van der Waals surface area contributed by atoms with Crippen LogP contribution in [0.5, 0.6) is 0 Å². The normalized spacial score (nSPS) is 19.6. The zero-order chi connectivity index (χ0) is 20.1. The fourth-order valence-electron chi connectivity index (χ4n) is 3.21. The van der Waals surface area contributed by atoms with Gasteiger partial charge in [-0.1, -0.05) is 0 Å². The summed E-state index contributed by atoms with van der Waals surface area (Å²) in [5.74, 6) is 0.731. The fraction of sp³-hybridized carbons (Fsp3) is 0.286. The van der Waals surface area contributed by atoms with Crippen molar-refractivity contribution < 1.29 is 19.4 Å². The Labute approximate surface area is 163 Å². The highest BCUT2D eigenvalue weighted by Crippen LogP contribution is 2.22. The van der Waals surface area contributed by atoms with Gasteiger partial charge in [-0.3, -0.25) is 10.1 Å². The van der Waals surface area contributed by atoms with Crippen LogP contribution in [0.1, 0.15) is 29.8 Å². The van der Waals surface area contributed by atoms with Crippen LogP contribution in [0.4, 0.5) is 16.3 Å². The van der Waals surface area contributed by atoms with Crippen molar-refractivity contribution in [2.45, 2.75) is 25.9 Å². The number of amides is 1. The van der Waals surface area contributed by atoms with Crippen molar-refractivity contribution in [3.8, 4) is 0 Å². The molecule has 1 aliphatic rings. The van der Waals surface area contributed by atoms with Gasteiger partial charge in [0.25, 0.3) is 0 Å². The second-order valence-corrected chi connectivity index (χ2v) is 6.80. The van der Waals surface area contributed by atoms with E-state index in [0.717, 1.165) is 11.4 Å². The molecule has 1 saturated heterocycles. The lowest BCUT2D eigenvalue weighted by Gasteiger charge is -2.39. The van der Waals surface area contributed by atoms with Gasteiger partial charge in [0.15, 0.2) is 5.78 Å². The molecule has 2 N–H and O–H groups in total. The third-order valence-corrected chi connectivity index (χ3v) is 4.55. The van der Waals surface area contributed by atoms with Crippen molar-refractivity contribution >= 4 is 29.5 Å². The lowest BCUT2D eigenvalue weighted by atomic mass is 10.1. The quantitative estimate of drug-likeness (QED) is 0.606. The van der Waals surface area contributed by atoms with E-state index in [4.69, 9.17) is 9.84 Å². The maximum absolute atomic E-state index is 12.3. The Morgan fingerprint density at radius 3 is 2.39 bits per heavy atom. The number of hydrogen-bond acceptors (Lipinski definition) is 5. The van der Waals surface area contributed by atoms with E-state index in [1.165, 1.54) is 6.08 Å². The standard InChI is InChI=1S/C21H23N3O4/c1-14-12-28-13-15(2)24(14)20-10-4-16(11-22-20)3-9-19(25)17-5-7-18(8-6-17)23-21(26)27/h3-11,14-15,23H,12-13H2,1-2H3,(H,26,27)/b9-3+. The predicted molar refractivity (Wildman–Crippen MR) is 108 cm³/mol. The molecule has 7 heteroatoms. The van der Waals surface area contributed by atoms with Crippen molar-refractivity contribution in [3.63, 3.8) is 0 Å². The topological polar surface area (TPSA) is 91.8 Å². The van der Waals surface area contributed by atoms with Crippen molar-refractivity contribution in [1.29, 1.82) is 0 Å². The average molecular weight is 381 g/mol. The van der Waals surface area contributed by atoms with Gasteiger partial charge < -0.3 is 14.7 Å². The van der Waals surface area contributed by atoms with Gasteiger partial charge in [0.05, 0.1) is 25.3 Å². The van der Waals surface area contributed by atoms with Crippen LogP contribution in [0.3, 0.4) is 0 Å². The maximum atomic E-state index is 12.3. The molecule has 0 radical (unpaired) electrons. The Kier molecular flexibility index (Phi) is 6.06. The third-order valence-electron chi connectivity index (χ3n) is 4.55. The van der Waals surface area contributed by atoms with Crippen LogP contribution < -0.4 is 10.2 Å². The highest BCUT2D eigenvalue weighted by Gasteiger charge is 2.26. The van der Waals surface area contributed by atoms with Gasteiger partial charge in [-0.05, 0) is 68.0 Å². The Bertz CT molecular complexity index is 852. The minimum atomic E-state index is -1.14. The number of nitrogens with zero attached hydrogens (tertiary/aromatic N) is 2. The van der Waals surface area contributed by atoms with Gasteiger partial charge in [-0.15, -0.1) is 0 Å². The van der Waals surface area contributed by atoms with E-state index < -0.39 is 6.09 Å². The van der Waals surface area contributed by atoms with E-state index in [0.29, 0.717) is 24.5 Å². The van der Waals surface area contributed by atoms with E-state index >= 15 is 0 Å². The first-order valence-electron chi connectivity index (χ1n) is 9.08. The Balaban J connectivity index is 1.65. The summed E-state index contributed by atoms with van der Waals surface area (Å²) in [5.41, 5.74) is 1.72. The summed E-state index contributed by atoms with van der Waals surface area (Å²) < 4.78 is 5.55. The SMILES string of the molecule is CC1COCC(C)N1c1ccc(/C=C/C(=O)c2ccc(NC(=O)O)cc2)cn1. The molecule has 2 heterocycles. The zero-order valence-corrected chi connectivity index (χ0v) is 15.8. The number of rotatable bonds is 5. The number of hydrogen-bond donors (Lipinski definition) is 2. The molecule has 146 valence electrons. The number of carboxylic acid groups (broad SMARTS) is 1.